The van der Waals surface area contributed by atoms with Gasteiger partial charge in [0.05, 0.1) is 36.1 Å². The van der Waals surface area contributed by atoms with E-state index in [1.807, 2.05) is 18.5 Å². The Morgan fingerprint density at radius 2 is 2.27 bits per heavy atom. The Morgan fingerprint density at radius 1 is 1.37 bits per heavy atom. The number of aliphatic hydroxyl groups is 1. The van der Waals surface area contributed by atoms with Crippen molar-refractivity contribution in [2.75, 3.05) is 25.0 Å². The van der Waals surface area contributed by atoms with Gasteiger partial charge < -0.3 is 10.4 Å². The van der Waals surface area contributed by atoms with Crippen LogP contribution in [0.5, 0.6) is 0 Å². The molecule has 0 saturated heterocycles. The van der Waals surface area contributed by atoms with E-state index >= 15 is 0 Å². The molecule has 5 rings (SSSR count). The summed E-state index contributed by atoms with van der Waals surface area (Å²) in [5.41, 5.74) is 4.82. The number of hydrogen-bond donors (Lipinski definition) is 3. The van der Waals surface area contributed by atoms with Crippen molar-refractivity contribution in [2.24, 2.45) is 0 Å². The molecule has 1 aliphatic carbocycles. The Labute approximate surface area is 178 Å². The average molecular weight is 425 g/mol. The number of aliphatic hydroxyl groups excluding tert-OH is 1. The molecular weight excluding hydrogens is 400 g/mol. The highest BCUT2D eigenvalue weighted by Crippen LogP contribution is 2.40. The topological polar surface area (TPSA) is 107 Å². The summed E-state index contributed by atoms with van der Waals surface area (Å²) in [7, 11) is 0. The quantitative estimate of drug-likeness (QED) is 0.379. The Hall–Kier alpha value is -2.82. The highest BCUT2D eigenvalue weighted by molar-refractivity contribution is 7.10. The van der Waals surface area contributed by atoms with Gasteiger partial charge in [0, 0.05) is 37.0 Å². The Bertz CT molecular complexity index is 1130. The molecule has 0 spiro atoms. The Morgan fingerprint density at radius 3 is 3.00 bits per heavy atom. The minimum absolute atomic E-state index is 0.151. The molecule has 4 aromatic heterocycles. The maximum absolute atomic E-state index is 9.20. The molecule has 1 saturated carbocycles. The number of nitrogens with one attached hydrogen (secondary N) is 2. The third kappa shape index (κ3) is 3.81. The van der Waals surface area contributed by atoms with Crippen molar-refractivity contribution in [2.45, 2.75) is 32.2 Å². The van der Waals surface area contributed by atoms with Crippen LogP contribution in [0.2, 0.25) is 0 Å². The average Bonchev–Trinajstić information content (AvgIpc) is 3.12. The Balaban J connectivity index is 1.46. The zero-order chi connectivity index (χ0) is 20.5. The van der Waals surface area contributed by atoms with Gasteiger partial charge in [-0.25, -0.2) is 9.97 Å². The SMILES string of the molecule is CCN(CCO)Cc1cc(Nc2nc(C3CC3)cn3c(-c4cn[nH]c4)cnc23)sn1. The molecule has 4 heterocycles. The van der Waals surface area contributed by atoms with Gasteiger partial charge >= 0.3 is 0 Å². The fourth-order valence-electron chi connectivity index (χ4n) is 3.55. The van der Waals surface area contributed by atoms with Gasteiger partial charge in [-0.1, -0.05) is 6.92 Å². The molecule has 1 fully saturated rings. The number of aromatic nitrogens is 6. The molecule has 0 aliphatic heterocycles. The predicted octanol–water partition coefficient (Wildman–Crippen LogP) is 3.01. The fourth-order valence-corrected chi connectivity index (χ4v) is 4.21. The van der Waals surface area contributed by atoms with Crippen molar-refractivity contribution in [1.29, 1.82) is 0 Å². The predicted molar refractivity (Wildman–Crippen MR) is 116 cm³/mol. The molecule has 0 atom stereocenters. The highest BCUT2D eigenvalue weighted by atomic mass is 32.1. The number of H-pyrrole nitrogens is 1. The first-order valence-corrected chi connectivity index (χ1v) is 11.0. The van der Waals surface area contributed by atoms with E-state index in [2.05, 4.69) is 47.3 Å². The van der Waals surface area contributed by atoms with E-state index in [4.69, 9.17) is 4.98 Å². The van der Waals surface area contributed by atoms with E-state index in [1.54, 1.807) is 6.20 Å². The second kappa shape index (κ2) is 8.13. The van der Waals surface area contributed by atoms with Crippen LogP contribution in [0, 0.1) is 0 Å². The molecule has 0 aromatic carbocycles. The number of likely N-dealkylation sites (N-methyl/N-ethyl adjacent to an activating group) is 1. The van der Waals surface area contributed by atoms with Crippen LogP contribution in [-0.4, -0.2) is 58.6 Å². The van der Waals surface area contributed by atoms with Gasteiger partial charge in [-0.05, 0) is 37.0 Å². The van der Waals surface area contributed by atoms with E-state index in [9.17, 15) is 5.11 Å². The zero-order valence-electron chi connectivity index (χ0n) is 16.7. The maximum atomic E-state index is 9.20. The maximum Gasteiger partial charge on any atom is 0.180 e. The van der Waals surface area contributed by atoms with E-state index < -0.39 is 0 Å². The van der Waals surface area contributed by atoms with Gasteiger partial charge in [-0.15, -0.1) is 0 Å². The standard InChI is InChI=1S/C20H24N8OS/c1-2-27(5-6-29)11-15-7-18(30-26-15)25-19-20-21-10-17(14-8-22-23-9-14)28(20)12-16(24-19)13-3-4-13/h7-10,12-13,29H,2-6,11H2,1H3,(H,22,23)(H,24,25). The lowest BCUT2D eigenvalue weighted by Crippen LogP contribution is -2.26. The molecule has 0 radical (unpaired) electrons. The lowest BCUT2D eigenvalue weighted by Gasteiger charge is -2.17. The van der Waals surface area contributed by atoms with Crippen LogP contribution in [0.3, 0.4) is 0 Å². The minimum atomic E-state index is 0.151. The number of fused-ring (bicyclic) bond motifs is 1. The minimum Gasteiger partial charge on any atom is -0.395 e. The van der Waals surface area contributed by atoms with Crippen molar-refractivity contribution >= 4 is 28.0 Å². The monoisotopic (exact) mass is 424 g/mol. The third-order valence-corrected chi connectivity index (χ3v) is 6.09. The molecule has 0 bridgehead atoms. The number of aromatic amines is 1. The summed E-state index contributed by atoms with van der Waals surface area (Å²) in [5.74, 6) is 1.26. The first kappa shape index (κ1) is 19.2. The second-order valence-electron chi connectivity index (χ2n) is 7.51. The van der Waals surface area contributed by atoms with Crippen molar-refractivity contribution in [1.82, 2.24) is 33.8 Å². The van der Waals surface area contributed by atoms with Crippen LogP contribution in [0.1, 0.15) is 37.1 Å². The molecular formula is C20H24N8OS. The van der Waals surface area contributed by atoms with Crippen molar-refractivity contribution in [3.8, 4) is 11.3 Å². The fraction of sp³-hybridized carbons (Fsp3) is 0.400. The van der Waals surface area contributed by atoms with Gasteiger partial charge in [0.1, 0.15) is 5.00 Å². The summed E-state index contributed by atoms with van der Waals surface area (Å²) in [4.78, 5) is 11.7. The van der Waals surface area contributed by atoms with Crippen LogP contribution >= 0.6 is 11.5 Å². The number of rotatable bonds is 9. The van der Waals surface area contributed by atoms with E-state index in [-0.39, 0.29) is 6.61 Å². The molecule has 1 aliphatic rings. The summed E-state index contributed by atoms with van der Waals surface area (Å²) in [5, 5.41) is 20.5. The lowest BCUT2D eigenvalue weighted by atomic mass is 10.2. The first-order valence-electron chi connectivity index (χ1n) is 10.2. The largest absolute Gasteiger partial charge is 0.395 e. The molecule has 4 aromatic rings. The number of imidazole rings is 1. The lowest BCUT2D eigenvalue weighted by molar-refractivity contribution is 0.196. The smallest absolute Gasteiger partial charge is 0.180 e. The number of anilines is 2. The van der Waals surface area contributed by atoms with Crippen LogP contribution in [0.15, 0.2) is 30.9 Å². The molecule has 10 heteroatoms. The zero-order valence-corrected chi connectivity index (χ0v) is 17.6. The van der Waals surface area contributed by atoms with E-state index in [0.717, 1.165) is 45.7 Å². The molecule has 156 valence electrons. The summed E-state index contributed by atoms with van der Waals surface area (Å²) in [6.45, 7) is 4.47. The highest BCUT2D eigenvalue weighted by Gasteiger charge is 2.27. The second-order valence-corrected chi connectivity index (χ2v) is 8.32. The molecule has 9 nitrogen and oxygen atoms in total. The normalized spacial score (nSPS) is 14.1. The summed E-state index contributed by atoms with van der Waals surface area (Å²) >= 11 is 1.42. The third-order valence-electron chi connectivity index (χ3n) is 5.35. The van der Waals surface area contributed by atoms with Gasteiger partial charge in [-0.2, -0.15) is 9.47 Å². The van der Waals surface area contributed by atoms with Crippen molar-refractivity contribution in [3.05, 3.63) is 42.2 Å². The van der Waals surface area contributed by atoms with Crippen LogP contribution < -0.4 is 5.32 Å². The van der Waals surface area contributed by atoms with Gasteiger partial charge in [0.15, 0.2) is 11.5 Å². The summed E-state index contributed by atoms with van der Waals surface area (Å²) in [6.07, 6.45) is 9.98. The van der Waals surface area contributed by atoms with E-state index in [0.29, 0.717) is 19.0 Å². The number of nitrogens with zero attached hydrogens (tertiary/aromatic N) is 6. The van der Waals surface area contributed by atoms with Gasteiger partial charge in [-0.3, -0.25) is 14.4 Å². The van der Waals surface area contributed by atoms with Crippen LogP contribution in [0.4, 0.5) is 10.8 Å². The molecule has 3 N–H and O–H groups in total. The van der Waals surface area contributed by atoms with E-state index in [1.165, 1.54) is 24.4 Å². The summed E-state index contributed by atoms with van der Waals surface area (Å²) < 4.78 is 6.66. The number of hydrogen-bond acceptors (Lipinski definition) is 8. The summed E-state index contributed by atoms with van der Waals surface area (Å²) in [6, 6.07) is 2.05. The van der Waals surface area contributed by atoms with Crippen molar-refractivity contribution < 1.29 is 5.11 Å². The first-order chi connectivity index (χ1) is 14.7. The van der Waals surface area contributed by atoms with Crippen molar-refractivity contribution in [3.63, 3.8) is 0 Å². The van der Waals surface area contributed by atoms with Gasteiger partial charge in [0.25, 0.3) is 0 Å². The molecule has 0 amide bonds. The molecule has 30 heavy (non-hydrogen) atoms. The van der Waals surface area contributed by atoms with Crippen LogP contribution in [-0.2, 0) is 6.54 Å². The Kier molecular flexibility index (Phi) is 5.19. The molecule has 0 unspecified atom stereocenters. The van der Waals surface area contributed by atoms with Crippen LogP contribution in [0.25, 0.3) is 16.9 Å². The van der Waals surface area contributed by atoms with Gasteiger partial charge in [0.2, 0.25) is 0 Å².